The average Bonchev–Trinajstić information content (AvgIpc) is 2.86. The molecule has 0 aromatic carbocycles. The highest BCUT2D eigenvalue weighted by Crippen LogP contribution is 2.32. The lowest BCUT2D eigenvalue weighted by Gasteiger charge is -2.15. The number of nitrogens with two attached hydrogens (primary N) is 1. The highest BCUT2D eigenvalue weighted by Gasteiger charge is 2.32. The second-order valence-electron chi connectivity index (χ2n) is 4.37. The Labute approximate surface area is 94.2 Å². The van der Waals surface area contributed by atoms with E-state index in [1.807, 2.05) is 0 Å². The molecule has 6 heteroatoms. The molecule has 1 heterocycles. The van der Waals surface area contributed by atoms with Crippen molar-refractivity contribution in [3.63, 3.8) is 0 Å². The third kappa shape index (κ3) is 2.27. The molecule has 1 aliphatic rings. The maximum Gasteiger partial charge on any atom is 0.182 e. The van der Waals surface area contributed by atoms with Crippen LogP contribution in [0.5, 0.6) is 0 Å². The lowest BCUT2D eigenvalue weighted by molar-refractivity contribution is -0.123. The molecule has 0 bridgehead atoms. The van der Waals surface area contributed by atoms with Gasteiger partial charge in [-0.15, -0.1) is 10.2 Å². The van der Waals surface area contributed by atoms with Crippen LogP contribution in [0.4, 0.5) is 0 Å². The van der Waals surface area contributed by atoms with E-state index in [2.05, 4.69) is 15.4 Å². The number of hydrogen-bond acceptors (Lipinski definition) is 5. The van der Waals surface area contributed by atoms with Gasteiger partial charge in [-0.25, -0.2) is 0 Å². The van der Waals surface area contributed by atoms with Gasteiger partial charge in [-0.1, -0.05) is 6.42 Å². The molecule has 2 rings (SSSR count). The molecule has 1 fully saturated rings. The van der Waals surface area contributed by atoms with Crippen molar-refractivity contribution in [2.75, 3.05) is 6.54 Å². The van der Waals surface area contributed by atoms with Crippen LogP contribution < -0.4 is 5.73 Å². The van der Waals surface area contributed by atoms with Gasteiger partial charge in [-0.2, -0.15) is 4.80 Å². The minimum atomic E-state index is 0.105. The summed E-state index contributed by atoms with van der Waals surface area (Å²) in [6, 6.07) is 0. The molecule has 1 aromatic rings. The molecule has 0 aliphatic heterocycles. The van der Waals surface area contributed by atoms with Crippen molar-refractivity contribution < 1.29 is 4.79 Å². The van der Waals surface area contributed by atoms with E-state index in [0.717, 1.165) is 19.3 Å². The first-order chi connectivity index (χ1) is 7.70. The third-order valence-corrected chi connectivity index (χ3v) is 3.26. The number of ketones is 1. The number of carbonyl (C=O) groups excluding carboxylic acids is 1. The SMILES string of the molecule is Cn1nnc(CC(=O)C2CCCC2CN)n1. The van der Waals surface area contributed by atoms with Crippen LogP contribution in [-0.4, -0.2) is 32.5 Å². The average molecular weight is 223 g/mol. The highest BCUT2D eigenvalue weighted by molar-refractivity contribution is 5.83. The summed E-state index contributed by atoms with van der Waals surface area (Å²) >= 11 is 0. The Morgan fingerprint density at radius 3 is 3.00 bits per heavy atom. The van der Waals surface area contributed by atoms with Crippen molar-refractivity contribution in [2.24, 2.45) is 24.6 Å². The maximum atomic E-state index is 12.0. The predicted octanol–water partition coefficient (Wildman–Crippen LogP) is -0.303. The number of nitrogens with zero attached hydrogens (tertiary/aromatic N) is 4. The first kappa shape index (κ1) is 11.2. The van der Waals surface area contributed by atoms with Gasteiger partial charge in [-0.05, 0) is 30.5 Å². The smallest absolute Gasteiger partial charge is 0.182 e. The third-order valence-electron chi connectivity index (χ3n) is 3.26. The van der Waals surface area contributed by atoms with Gasteiger partial charge >= 0.3 is 0 Å². The fourth-order valence-electron chi connectivity index (χ4n) is 2.42. The topological polar surface area (TPSA) is 86.7 Å². The largest absolute Gasteiger partial charge is 0.330 e. The summed E-state index contributed by atoms with van der Waals surface area (Å²) in [6.07, 6.45) is 3.42. The molecule has 1 aliphatic carbocycles. The van der Waals surface area contributed by atoms with Crippen molar-refractivity contribution in [3.8, 4) is 0 Å². The van der Waals surface area contributed by atoms with E-state index in [-0.39, 0.29) is 18.1 Å². The maximum absolute atomic E-state index is 12.0. The predicted molar refractivity (Wildman–Crippen MR) is 57.4 cm³/mol. The Bertz CT molecular complexity index is 375. The van der Waals surface area contributed by atoms with E-state index in [9.17, 15) is 4.79 Å². The second kappa shape index (κ2) is 4.69. The van der Waals surface area contributed by atoms with Crippen molar-refractivity contribution >= 4 is 5.78 Å². The van der Waals surface area contributed by atoms with Crippen LogP contribution in [-0.2, 0) is 18.3 Å². The van der Waals surface area contributed by atoms with Crippen LogP contribution in [0.1, 0.15) is 25.1 Å². The van der Waals surface area contributed by atoms with Gasteiger partial charge in [0.25, 0.3) is 0 Å². The Kier molecular flexibility index (Phi) is 3.28. The van der Waals surface area contributed by atoms with Gasteiger partial charge in [0.05, 0.1) is 13.5 Å². The zero-order valence-corrected chi connectivity index (χ0v) is 9.46. The van der Waals surface area contributed by atoms with Gasteiger partial charge in [0.2, 0.25) is 0 Å². The van der Waals surface area contributed by atoms with E-state index < -0.39 is 0 Å². The summed E-state index contributed by atoms with van der Waals surface area (Å²) in [7, 11) is 1.69. The zero-order valence-electron chi connectivity index (χ0n) is 9.46. The first-order valence-electron chi connectivity index (χ1n) is 5.66. The number of hydrogen-bond donors (Lipinski definition) is 1. The summed E-state index contributed by atoms with van der Waals surface area (Å²) < 4.78 is 0. The summed E-state index contributed by atoms with van der Waals surface area (Å²) in [5.74, 6) is 1.18. The molecule has 2 N–H and O–H groups in total. The Balaban J connectivity index is 1.97. The van der Waals surface area contributed by atoms with E-state index in [4.69, 9.17) is 5.73 Å². The molecule has 6 nitrogen and oxygen atoms in total. The molecule has 2 atom stereocenters. The Morgan fingerprint density at radius 1 is 1.56 bits per heavy atom. The molecule has 0 amide bonds. The molecule has 1 aromatic heterocycles. The van der Waals surface area contributed by atoms with Crippen LogP contribution in [0.3, 0.4) is 0 Å². The highest BCUT2D eigenvalue weighted by atomic mass is 16.1. The number of rotatable bonds is 4. The lowest BCUT2D eigenvalue weighted by Crippen LogP contribution is -2.26. The molecular formula is C10H17N5O. The number of Topliss-reactive ketones (excluding diaryl/α,β-unsaturated/α-hetero) is 1. The van der Waals surface area contributed by atoms with Gasteiger partial charge < -0.3 is 5.73 Å². The lowest BCUT2D eigenvalue weighted by atomic mass is 9.90. The second-order valence-corrected chi connectivity index (χ2v) is 4.37. The summed E-state index contributed by atoms with van der Waals surface area (Å²) in [4.78, 5) is 13.4. The zero-order chi connectivity index (χ0) is 11.5. The standard InChI is InChI=1S/C10H17N5O/c1-15-13-10(12-14-15)5-9(16)8-4-2-3-7(8)6-11/h7-8H,2-6,11H2,1H3. The van der Waals surface area contributed by atoms with E-state index in [1.165, 1.54) is 4.80 Å². The van der Waals surface area contributed by atoms with E-state index in [0.29, 0.717) is 18.3 Å². The van der Waals surface area contributed by atoms with Crippen LogP contribution in [0.2, 0.25) is 0 Å². The van der Waals surface area contributed by atoms with Gasteiger partial charge in [0.1, 0.15) is 5.78 Å². The minimum Gasteiger partial charge on any atom is -0.330 e. The van der Waals surface area contributed by atoms with Gasteiger partial charge in [-0.3, -0.25) is 4.79 Å². The molecule has 88 valence electrons. The van der Waals surface area contributed by atoms with Gasteiger partial charge in [0.15, 0.2) is 5.82 Å². The van der Waals surface area contributed by atoms with Crippen LogP contribution in [0, 0.1) is 11.8 Å². The summed E-state index contributed by atoms with van der Waals surface area (Å²) in [6.45, 7) is 0.601. The van der Waals surface area contributed by atoms with Crippen molar-refractivity contribution in [1.82, 2.24) is 20.2 Å². The fraction of sp³-hybridized carbons (Fsp3) is 0.800. The monoisotopic (exact) mass is 223 g/mol. The normalized spacial score (nSPS) is 24.9. The van der Waals surface area contributed by atoms with E-state index >= 15 is 0 Å². The van der Waals surface area contributed by atoms with Crippen LogP contribution in [0.25, 0.3) is 0 Å². The molecule has 0 radical (unpaired) electrons. The molecular weight excluding hydrogens is 206 g/mol. The minimum absolute atomic E-state index is 0.105. The van der Waals surface area contributed by atoms with Crippen molar-refractivity contribution in [1.29, 1.82) is 0 Å². The fourth-order valence-corrected chi connectivity index (χ4v) is 2.42. The first-order valence-corrected chi connectivity index (χ1v) is 5.66. The number of tetrazole rings is 1. The van der Waals surface area contributed by atoms with Gasteiger partial charge in [0, 0.05) is 5.92 Å². The van der Waals surface area contributed by atoms with Crippen molar-refractivity contribution in [3.05, 3.63) is 5.82 Å². The van der Waals surface area contributed by atoms with Crippen LogP contribution >= 0.6 is 0 Å². The van der Waals surface area contributed by atoms with Crippen LogP contribution in [0.15, 0.2) is 0 Å². The molecule has 1 saturated carbocycles. The summed E-state index contributed by atoms with van der Waals surface area (Å²) in [5, 5.41) is 11.6. The number of aryl methyl sites for hydroxylation is 1. The number of carbonyl (C=O) groups is 1. The van der Waals surface area contributed by atoms with Crippen molar-refractivity contribution in [2.45, 2.75) is 25.7 Å². The quantitative estimate of drug-likeness (QED) is 0.757. The Hall–Kier alpha value is -1.30. The molecule has 16 heavy (non-hydrogen) atoms. The molecule has 0 spiro atoms. The number of aromatic nitrogens is 4. The molecule has 2 unspecified atom stereocenters. The van der Waals surface area contributed by atoms with E-state index in [1.54, 1.807) is 7.05 Å². The Morgan fingerprint density at radius 2 is 2.38 bits per heavy atom. The molecule has 0 saturated heterocycles. The summed E-state index contributed by atoms with van der Waals surface area (Å²) in [5.41, 5.74) is 5.66.